The number of nitrogens with one attached hydrogen (secondary N) is 1. The van der Waals surface area contributed by atoms with E-state index in [0.29, 0.717) is 27.2 Å². The van der Waals surface area contributed by atoms with Crippen LogP contribution in [0.3, 0.4) is 0 Å². The Morgan fingerprint density at radius 1 is 1.00 bits per heavy atom. The predicted octanol–water partition coefficient (Wildman–Crippen LogP) is 4.22. The van der Waals surface area contributed by atoms with Gasteiger partial charge < -0.3 is 0 Å². The number of para-hydroxylation sites is 2. The van der Waals surface area contributed by atoms with Crippen LogP contribution in [0.5, 0.6) is 0 Å². The molecule has 0 bridgehead atoms. The van der Waals surface area contributed by atoms with Crippen LogP contribution in [0.25, 0.3) is 22.3 Å². The summed E-state index contributed by atoms with van der Waals surface area (Å²) in [6.07, 6.45) is 0. The fourth-order valence-electron chi connectivity index (χ4n) is 3.39. The molecular weight excluding hydrogens is 414 g/mol. The maximum Gasteiger partial charge on any atom is 0.300 e. The molecule has 31 heavy (non-hydrogen) atoms. The zero-order valence-electron chi connectivity index (χ0n) is 16.4. The Bertz CT molecular complexity index is 1520. The van der Waals surface area contributed by atoms with Gasteiger partial charge in [-0.15, -0.1) is 9.73 Å². The average molecular weight is 430 g/mol. The van der Waals surface area contributed by atoms with E-state index >= 15 is 0 Å². The van der Waals surface area contributed by atoms with Crippen molar-refractivity contribution in [2.45, 2.75) is 6.92 Å². The van der Waals surface area contributed by atoms with E-state index in [4.69, 9.17) is 11.6 Å². The molecule has 0 fully saturated rings. The van der Waals surface area contributed by atoms with Gasteiger partial charge in [0.25, 0.3) is 11.5 Å². The maximum atomic E-state index is 13.3. The molecule has 0 spiro atoms. The molecule has 1 amide bonds. The van der Waals surface area contributed by atoms with E-state index in [2.05, 4.69) is 15.4 Å². The first kappa shape index (κ1) is 19.0. The number of amides is 1. The molecule has 1 N–H and O–H groups in total. The number of aryl methyl sites for hydroxylation is 1. The third kappa shape index (κ3) is 3.35. The van der Waals surface area contributed by atoms with Crippen LogP contribution in [-0.2, 0) is 0 Å². The highest BCUT2D eigenvalue weighted by molar-refractivity contribution is 6.31. The number of fused-ring (bicyclic) bond motifs is 3. The summed E-state index contributed by atoms with van der Waals surface area (Å²) >= 11 is 6.01. The van der Waals surface area contributed by atoms with Gasteiger partial charge in [-0.2, -0.15) is 4.52 Å². The molecule has 0 aliphatic rings. The standard InChI is InChI=1S/C23H16ClN5O2/c1-14-9-11-15(12-10-14)20-22(31)28-19-8-3-2-7-18(19)25-23(29(28)27-20)26-21(30)16-5-4-6-17(24)13-16/h2-13H,1H3,(H,25,26,30). The quantitative estimate of drug-likeness (QED) is 0.465. The van der Waals surface area contributed by atoms with E-state index in [-0.39, 0.29) is 17.2 Å². The Balaban J connectivity index is 1.72. The van der Waals surface area contributed by atoms with Gasteiger partial charge in [0.1, 0.15) is 0 Å². The molecule has 0 saturated carbocycles. The van der Waals surface area contributed by atoms with E-state index in [1.807, 2.05) is 43.3 Å². The molecule has 3 aromatic carbocycles. The van der Waals surface area contributed by atoms with Crippen LogP contribution in [0.15, 0.2) is 77.6 Å². The highest BCUT2D eigenvalue weighted by Crippen LogP contribution is 2.19. The van der Waals surface area contributed by atoms with Crippen molar-refractivity contribution in [2.24, 2.45) is 0 Å². The molecule has 0 aliphatic heterocycles. The first-order valence-corrected chi connectivity index (χ1v) is 9.94. The van der Waals surface area contributed by atoms with Gasteiger partial charge in [-0.25, -0.2) is 4.98 Å². The Hall–Kier alpha value is -3.97. The zero-order valence-corrected chi connectivity index (χ0v) is 17.2. The van der Waals surface area contributed by atoms with Crippen LogP contribution in [-0.4, -0.2) is 25.1 Å². The van der Waals surface area contributed by atoms with Crippen molar-refractivity contribution < 1.29 is 4.79 Å². The average Bonchev–Trinajstić information content (AvgIpc) is 3.12. The van der Waals surface area contributed by atoms with Crippen molar-refractivity contribution >= 4 is 34.5 Å². The topological polar surface area (TPSA) is 80.8 Å². The molecule has 0 atom stereocenters. The minimum Gasteiger partial charge on any atom is -0.289 e. The Kier molecular flexibility index (Phi) is 4.52. The maximum absolute atomic E-state index is 13.3. The van der Waals surface area contributed by atoms with Gasteiger partial charge in [-0.3, -0.25) is 14.9 Å². The molecule has 2 aromatic heterocycles. The van der Waals surface area contributed by atoms with Gasteiger partial charge in [-0.05, 0) is 37.3 Å². The van der Waals surface area contributed by atoms with Crippen LogP contribution in [0.1, 0.15) is 15.9 Å². The smallest absolute Gasteiger partial charge is 0.289 e. The molecule has 0 saturated heterocycles. The summed E-state index contributed by atoms with van der Waals surface area (Å²) in [5, 5.41) is 7.69. The van der Waals surface area contributed by atoms with Crippen molar-refractivity contribution in [3.05, 3.63) is 99.3 Å². The first-order chi connectivity index (χ1) is 15.0. The summed E-state index contributed by atoms with van der Waals surface area (Å²) in [5.41, 5.74) is 3.22. The summed E-state index contributed by atoms with van der Waals surface area (Å²) in [6, 6.07) is 21.3. The summed E-state index contributed by atoms with van der Waals surface area (Å²) < 4.78 is 2.73. The van der Waals surface area contributed by atoms with Crippen LogP contribution >= 0.6 is 11.6 Å². The zero-order chi connectivity index (χ0) is 21.5. The number of hydrogen-bond acceptors (Lipinski definition) is 4. The van der Waals surface area contributed by atoms with Crippen molar-refractivity contribution in [3.63, 3.8) is 0 Å². The summed E-state index contributed by atoms with van der Waals surface area (Å²) in [5.74, 6) is -0.286. The molecule has 0 radical (unpaired) electrons. The highest BCUT2D eigenvalue weighted by atomic mass is 35.5. The second-order valence-corrected chi connectivity index (χ2v) is 7.55. The van der Waals surface area contributed by atoms with E-state index < -0.39 is 5.91 Å². The lowest BCUT2D eigenvalue weighted by Crippen LogP contribution is -2.21. The molecule has 5 aromatic rings. The van der Waals surface area contributed by atoms with Crippen LogP contribution in [0, 0.1) is 6.92 Å². The van der Waals surface area contributed by atoms with Crippen molar-refractivity contribution in [2.75, 3.05) is 5.32 Å². The highest BCUT2D eigenvalue weighted by Gasteiger charge is 2.19. The lowest BCUT2D eigenvalue weighted by atomic mass is 10.1. The number of aromatic nitrogens is 4. The fourth-order valence-corrected chi connectivity index (χ4v) is 3.58. The van der Waals surface area contributed by atoms with Crippen LogP contribution in [0.4, 0.5) is 5.95 Å². The molecule has 0 unspecified atom stereocenters. The summed E-state index contributed by atoms with van der Waals surface area (Å²) in [7, 11) is 0. The number of hydrogen-bond donors (Lipinski definition) is 1. The molecular formula is C23H16ClN5O2. The minimum atomic E-state index is -0.410. The first-order valence-electron chi connectivity index (χ1n) is 9.56. The van der Waals surface area contributed by atoms with E-state index in [1.54, 1.807) is 36.4 Å². The van der Waals surface area contributed by atoms with E-state index in [1.165, 1.54) is 9.15 Å². The number of halogens is 1. The third-order valence-corrected chi connectivity index (χ3v) is 5.18. The van der Waals surface area contributed by atoms with Gasteiger partial charge in [0.2, 0.25) is 5.95 Å². The van der Waals surface area contributed by atoms with E-state index in [0.717, 1.165) is 5.56 Å². The SMILES string of the molecule is Cc1ccc(-c2nn3c(NC(=O)c4cccc(Cl)c4)nc4ccccc4n3c2=O)cc1. The number of anilines is 1. The number of benzene rings is 3. The van der Waals surface area contributed by atoms with Crippen LogP contribution in [0.2, 0.25) is 5.02 Å². The Labute approximate surface area is 181 Å². The Morgan fingerprint density at radius 3 is 2.55 bits per heavy atom. The van der Waals surface area contributed by atoms with Gasteiger partial charge >= 0.3 is 0 Å². The van der Waals surface area contributed by atoms with Crippen molar-refractivity contribution in [3.8, 4) is 11.3 Å². The monoisotopic (exact) mass is 429 g/mol. The number of rotatable bonds is 3. The lowest BCUT2D eigenvalue weighted by Gasteiger charge is -2.09. The summed E-state index contributed by atoms with van der Waals surface area (Å²) in [4.78, 5) is 30.6. The van der Waals surface area contributed by atoms with Gasteiger partial charge in [0.15, 0.2) is 5.69 Å². The Morgan fingerprint density at radius 2 is 1.77 bits per heavy atom. The van der Waals surface area contributed by atoms with Crippen molar-refractivity contribution in [1.82, 2.24) is 19.2 Å². The van der Waals surface area contributed by atoms with Crippen molar-refractivity contribution in [1.29, 1.82) is 0 Å². The second kappa shape index (κ2) is 7.37. The third-order valence-electron chi connectivity index (χ3n) is 4.94. The molecule has 5 rings (SSSR count). The minimum absolute atomic E-state index is 0.124. The number of carbonyl (C=O) groups excluding carboxylic acids is 1. The summed E-state index contributed by atoms with van der Waals surface area (Å²) in [6.45, 7) is 1.97. The molecule has 2 heterocycles. The van der Waals surface area contributed by atoms with Gasteiger partial charge in [-0.1, -0.05) is 59.6 Å². The molecule has 7 nitrogen and oxygen atoms in total. The normalized spacial score (nSPS) is 11.2. The fraction of sp³-hybridized carbons (Fsp3) is 0.0435. The molecule has 0 aliphatic carbocycles. The number of nitrogens with zero attached hydrogens (tertiary/aromatic N) is 4. The van der Waals surface area contributed by atoms with E-state index in [9.17, 15) is 9.59 Å². The van der Waals surface area contributed by atoms with Gasteiger partial charge in [0.05, 0.1) is 11.0 Å². The largest absolute Gasteiger partial charge is 0.300 e. The lowest BCUT2D eigenvalue weighted by molar-refractivity contribution is 0.102. The van der Waals surface area contributed by atoms with Gasteiger partial charge in [0, 0.05) is 16.1 Å². The van der Waals surface area contributed by atoms with Crippen LogP contribution < -0.4 is 10.9 Å². The second-order valence-electron chi connectivity index (χ2n) is 7.11. The molecule has 152 valence electrons. The number of carbonyl (C=O) groups is 1. The predicted molar refractivity (Wildman–Crippen MR) is 120 cm³/mol. The molecule has 8 heteroatoms.